The molecule has 0 spiro atoms. The molecule has 2 nitrogen and oxygen atoms in total. The topological polar surface area (TPSA) is 29.1 Å². The van der Waals surface area contributed by atoms with Crippen molar-refractivity contribution in [2.24, 2.45) is 5.92 Å². The van der Waals surface area contributed by atoms with Crippen LogP contribution < -0.4 is 5.32 Å². The number of anilines is 1. The molecule has 0 saturated heterocycles. The van der Waals surface area contributed by atoms with Gasteiger partial charge in [0.1, 0.15) is 0 Å². The van der Waals surface area contributed by atoms with Crippen molar-refractivity contribution in [3.63, 3.8) is 0 Å². The third-order valence-corrected chi connectivity index (χ3v) is 6.19. The summed E-state index contributed by atoms with van der Waals surface area (Å²) in [5.74, 6) is 0.836. The van der Waals surface area contributed by atoms with Gasteiger partial charge in [-0.15, -0.1) is 0 Å². The van der Waals surface area contributed by atoms with Gasteiger partial charge in [-0.2, -0.15) is 0 Å². The molecule has 2 aliphatic rings. The second-order valence-corrected chi connectivity index (χ2v) is 7.67. The van der Waals surface area contributed by atoms with Crippen molar-refractivity contribution in [3.8, 4) is 0 Å². The van der Waals surface area contributed by atoms with Crippen LogP contribution in [0.25, 0.3) is 0 Å². The molecule has 1 fully saturated rings. The fourth-order valence-electron chi connectivity index (χ4n) is 3.46. The molecule has 3 heteroatoms. The molecule has 0 aromatic heterocycles. The maximum atomic E-state index is 12.0. The van der Waals surface area contributed by atoms with E-state index in [2.05, 4.69) is 39.4 Å². The highest BCUT2D eigenvalue weighted by molar-refractivity contribution is 9.09. The van der Waals surface area contributed by atoms with Crippen LogP contribution in [0.15, 0.2) is 18.2 Å². The van der Waals surface area contributed by atoms with Crippen LogP contribution in [0.1, 0.15) is 61.9 Å². The average molecular weight is 336 g/mol. The van der Waals surface area contributed by atoms with Crippen molar-refractivity contribution >= 4 is 27.5 Å². The third-order valence-electron chi connectivity index (χ3n) is 4.91. The zero-order valence-corrected chi connectivity index (χ0v) is 13.8. The van der Waals surface area contributed by atoms with Gasteiger partial charge in [-0.25, -0.2) is 0 Å². The van der Waals surface area contributed by atoms with Gasteiger partial charge in [0.05, 0.1) is 5.41 Å². The Morgan fingerprint density at radius 3 is 2.65 bits per heavy atom. The van der Waals surface area contributed by atoms with Crippen LogP contribution >= 0.6 is 15.9 Å². The molecule has 108 valence electrons. The van der Waals surface area contributed by atoms with E-state index < -0.39 is 5.41 Å². The predicted molar refractivity (Wildman–Crippen MR) is 86.3 cm³/mol. The van der Waals surface area contributed by atoms with Crippen LogP contribution in [0.2, 0.25) is 0 Å². The zero-order valence-electron chi connectivity index (χ0n) is 12.2. The average Bonchev–Trinajstić information content (AvgIpc) is 2.69. The Morgan fingerprint density at radius 2 is 1.95 bits per heavy atom. The summed E-state index contributed by atoms with van der Waals surface area (Å²) in [6.45, 7) is 4.00. The molecule has 20 heavy (non-hydrogen) atoms. The summed E-state index contributed by atoms with van der Waals surface area (Å²) in [5, 5.41) is 2.98. The Bertz CT molecular complexity index is 532. The number of hydrogen-bond donors (Lipinski definition) is 1. The Hall–Kier alpha value is -0.830. The van der Waals surface area contributed by atoms with E-state index in [4.69, 9.17) is 0 Å². The lowest BCUT2D eigenvalue weighted by Crippen LogP contribution is -2.27. The van der Waals surface area contributed by atoms with Crippen molar-refractivity contribution in [3.05, 3.63) is 29.3 Å². The minimum atomic E-state index is -0.412. The van der Waals surface area contributed by atoms with Crippen molar-refractivity contribution in [2.75, 3.05) is 5.32 Å². The molecular formula is C17H22BrNO. The standard InChI is InChI=1S/C17H22BrNO/c1-17(2)13-10-12(8-9-14(13)19-16(17)20)15(18)11-6-4-3-5-7-11/h8-11,15H,3-7H2,1-2H3,(H,19,20). The number of hydrogen-bond acceptors (Lipinski definition) is 1. The van der Waals surface area contributed by atoms with E-state index in [1.54, 1.807) is 0 Å². The van der Waals surface area contributed by atoms with E-state index in [9.17, 15) is 4.79 Å². The van der Waals surface area contributed by atoms with Crippen molar-refractivity contribution in [1.82, 2.24) is 0 Å². The van der Waals surface area contributed by atoms with Crippen LogP contribution in [0.5, 0.6) is 0 Å². The summed E-state index contributed by atoms with van der Waals surface area (Å²) in [7, 11) is 0. The Kier molecular flexibility index (Phi) is 3.65. The van der Waals surface area contributed by atoms with E-state index in [-0.39, 0.29) is 5.91 Å². The first-order chi connectivity index (χ1) is 9.50. The highest BCUT2D eigenvalue weighted by Crippen LogP contribution is 2.44. The Labute approximate surface area is 129 Å². The molecule has 0 radical (unpaired) electrons. The number of nitrogens with one attached hydrogen (secondary N) is 1. The number of fused-ring (bicyclic) bond motifs is 1. The van der Waals surface area contributed by atoms with Gasteiger partial charge in [0.15, 0.2) is 0 Å². The third kappa shape index (κ3) is 2.30. The maximum absolute atomic E-state index is 12.0. The molecule has 3 rings (SSSR count). The summed E-state index contributed by atoms with van der Waals surface area (Å²) in [6.07, 6.45) is 6.71. The molecule has 1 amide bonds. The van der Waals surface area contributed by atoms with Gasteiger partial charge < -0.3 is 5.32 Å². The Morgan fingerprint density at radius 1 is 1.25 bits per heavy atom. The second-order valence-electron chi connectivity index (χ2n) is 6.68. The molecule has 1 unspecified atom stereocenters. The highest BCUT2D eigenvalue weighted by atomic mass is 79.9. The molecule has 1 aromatic carbocycles. The molecule has 1 saturated carbocycles. The fraction of sp³-hybridized carbons (Fsp3) is 0.588. The van der Waals surface area contributed by atoms with Gasteiger partial charge in [-0.1, -0.05) is 47.3 Å². The van der Waals surface area contributed by atoms with E-state index >= 15 is 0 Å². The SMILES string of the molecule is CC1(C)C(=O)Nc2ccc(C(Br)C3CCCCC3)cc21. The van der Waals surface area contributed by atoms with Crippen LogP contribution in [-0.2, 0) is 10.2 Å². The molecule has 0 bridgehead atoms. The van der Waals surface area contributed by atoms with E-state index in [1.165, 1.54) is 37.7 Å². The lowest BCUT2D eigenvalue weighted by atomic mass is 9.82. The fourth-order valence-corrected chi connectivity index (χ4v) is 4.27. The van der Waals surface area contributed by atoms with Gasteiger partial charge in [-0.3, -0.25) is 4.79 Å². The lowest BCUT2D eigenvalue weighted by molar-refractivity contribution is -0.119. The predicted octanol–water partition coefficient (Wildman–Crippen LogP) is 4.93. The van der Waals surface area contributed by atoms with Crippen molar-refractivity contribution in [2.45, 2.75) is 56.2 Å². The van der Waals surface area contributed by atoms with E-state index in [0.717, 1.165) is 17.2 Å². The summed E-state index contributed by atoms with van der Waals surface area (Å²) in [6, 6.07) is 6.45. The number of halogens is 1. The van der Waals surface area contributed by atoms with Gasteiger partial charge >= 0.3 is 0 Å². The molecule has 1 heterocycles. The summed E-state index contributed by atoms with van der Waals surface area (Å²) >= 11 is 3.90. The number of benzene rings is 1. The van der Waals surface area contributed by atoms with Crippen LogP contribution in [0.3, 0.4) is 0 Å². The molecular weight excluding hydrogens is 314 g/mol. The maximum Gasteiger partial charge on any atom is 0.234 e. The number of rotatable bonds is 2. The van der Waals surface area contributed by atoms with Gasteiger partial charge in [0, 0.05) is 10.5 Å². The number of amides is 1. The summed E-state index contributed by atoms with van der Waals surface area (Å²) in [5.41, 5.74) is 3.03. The normalized spacial score (nSPS) is 23.2. The van der Waals surface area contributed by atoms with E-state index in [1.807, 2.05) is 13.8 Å². The molecule has 1 N–H and O–H groups in total. The van der Waals surface area contributed by atoms with Crippen LogP contribution in [0.4, 0.5) is 5.69 Å². The van der Waals surface area contributed by atoms with Gasteiger partial charge in [-0.05, 0) is 49.8 Å². The smallest absolute Gasteiger partial charge is 0.234 e. The molecule has 1 aliphatic heterocycles. The van der Waals surface area contributed by atoms with Gasteiger partial charge in [0.25, 0.3) is 0 Å². The van der Waals surface area contributed by atoms with Crippen LogP contribution in [0, 0.1) is 5.92 Å². The minimum Gasteiger partial charge on any atom is -0.325 e. The van der Waals surface area contributed by atoms with Crippen molar-refractivity contribution in [1.29, 1.82) is 0 Å². The number of alkyl halides is 1. The van der Waals surface area contributed by atoms with E-state index in [0.29, 0.717) is 4.83 Å². The first kappa shape index (κ1) is 14.1. The summed E-state index contributed by atoms with van der Waals surface area (Å²) < 4.78 is 0. The quantitative estimate of drug-likeness (QED) is 0.762. The highest BCUT2D eigenvalue weighted by Gasteiger charge is 2.38. The molecule has 1 atom stereocenters. The summed E-state index contributed by atoms with van der Waals surface area (Å²) in [4.78, 5) is 12.4. The second kappa shape index (κ2) is 5.18. The van der Waals surface area contributed by atoms with Crippen molar-refractivity contribution < 1.29 is 4.79 Å². The first-order valence-corrected chi connectivity index (χ1v) is 8.51. The molecule has 1 aliphatic carbocycles. The monoisotopic (exact) mass is 335 g/mol. The first-order valence-electron chi connectivity index (χ1n) is 7.60. The number of carbonyl (C=O) groups excluding carboxylic acids is 1. The lowest BCUT2D eigenvalue weighted by Gasteiger charge is -2.27. The van der Waals surface area contributed by atoms with Gasteiger partial charge in [0.2, 0.25) is 5.91 Å². The minimum absolute atomic E-state index is 0.105. The zero-order chi connectivity index (χ0) is 14.3. The Balaban J connectivity index is 1.89. The van der Waals surface area contributed by atoms with Crippen LogP contribution in [-0.4, -0.2) is 5.91 Å². The number of carbonyl (C=O) groups is 1. The molecule has 1 aromatic rings. The largest absolute Gasteiger partial charge is 0.325 e.